The van der Waals surface area contributed by atoms with Crippen molar-refractivity contribution in [2.75, 3.05) is 13.1 Å². The quantitative estimate of drug-likeness (QED) is 0.843. The van der Waals surface area contributed by atoms with Crippen LogP contribution in [-0.4, -0.2) is 24.1 Å². The molecule has 23 heavy (non-hydrogen) atoms. The van der Waals surface area contributed by atoms with Gasteiger partial charge in [0, 0.05) is 13.1 Å². The summed E-state index contributed by atoms with van der Waals surface area (Å²) in [6.45, 7) is 1.95. The fraction of sp³-hybridized carbons (Fsp3) is 0.350. The van der Waals surface area contributed by atoms with Crippen molar-refractivity contribution in [3.05, 3.63) is 71.8 Å². The zero-order valence-corrected chi connectivity index (χ0v) is 13.4. The van der Waals surface area contributed by atoms with E-state index in [2.05, 4.69) is 24.3 Å². The molecule has 1 aliphatic rings. The third-order valence-corrected chi connectivity index (χ3v) is 4.35. The third-order valence-electron chi connectivity index (χ3n) is 4.35. The molecule has 0 aromatic heterocycles. The summed E-state index contributed by atoms with van der Waals surface area (Å²) in [7, 11) is 0. The van der Waals surface area contributed by atoms with Crippen LogP contribution in [0.15, 0.2) is 60.7 Å². The SMILES string of the molecule is O=C(OCc1ccccc1)N1CCCC(Cc2ccccc2)C1. The molecule has 1 atom stereocenters. The van der Waals surface area contributed by atoms with Crippen molar-refractivity contribution < 1.29 is 9.53 Å². The van der Waals surface area contributed by atoms with Gasteiger partial charge >= 0.3 is 6.09 Å². The first-order chi connectivity index (χ1) is 11.3. The van der Waals surface area contributed by atoms with Crippen molar-refractivity contribution in [2.24, 2.45) is 5.92 Å². The van der Waals surface area contributed by atoms with Gasteiger partial charge in [-0.3, -0.25) is 0 Å². The highest BCUT2D eigenvalue weighted by atomic mass is 16.6. The molecule has 1 unspecified atom stereocenters. The minimum absolute atomic E-state index is 0.188. The highest BCUT2D eigenvalue weighted by Crippen LogP contribution is 2.21. The lowest BCUT2D eigenvalue weighted by Gasteiger charge is -2.32. The van der Waals surface area contributed by atoms with Crippen LogP contribution in [0.25, 0.3) is 0 Å². The van der Waals surface area contributed by atoms with Gasteiger partial charge in [-0.1, -0.05) is 60.7 Å². The Kier molecular flexibility index (Phi) is 5.30. The third kappa shape index (κ3) is 4.59. The maximum atomic E-state index is 12.3. The number of carbonyl (C=O) groups is 1. The molecular weight excluding hydrogens is 286 g/mol. The van der Waals surface area contributed by atoms with Gasteiger partial charge in [0.15, 0.2) is 0 Å². The van der Waals surface area contributed by atoms with Gasteiger partial charge in [-0.05, 0) is 36.3 Å². The summed E-state index contributed by atoms with van der Waals surface area (Å²) in [5.74, 6) is 0.524. The summed E-state index contributed by atoms with van der Waals surface area (Å²) >= 11 is 0. The molecule has 1 heterocycles. The van der Waals surface area contributed by atoms with E-state index in [0.717, 1.165) is 31.5 Å². The van der Waals surface area contributed by atoms with Crippen molar-refractivity contribution in [2.45, 2.75) is 25.9 Å². The number of benzene rings is 2. The number of likely N-dealkylation sites (tertiary alicyclic amines) is 1. The number of amides is 1. The van der Waals surface area contributed by atoms with Gasteiger partial charge in [0.05, 0.1) is 0 Å². The predicted molar refractivity (Wildman–Crippen MR) is 91.1 cm³/mol. The van der Waals surface area contributed by atoms with Crippen LogP contribution >= 0.6 is 0 Å². The Bertz CT molecular complexity index is 612. The molecule has 0 N–H and O–H groups in total. The molecule has 0 bridgehead atoms. The second-order valence-corrected chi connectivity index (χ2v) is 6.18. The van der Waals surface area contributed by atoms with Gasteiger partial charge in [0.1, 0.15) is 6.61 Å². The molecule has 1 amide bonds. The van der Waals surface area contributed by atoms with Crippen molar-refractivity contribution in [1.82, 2.24) is 4.90 Å². The van der Waals surface area contributed by atoms with Gasteiger partial charge in [-0.25, -0.2) is 4.79 Å². The van der Waals surface area contributed by atoms with Crippen LogP contribution in [0.1, 0.15) is 24.0 Å². The monoisotopic (exact) mass is 309 g/mol. The molecule has 0 radical (unpaired) electrons. The number of hydrogen-bond acceptors (Lipinski definition) is 2. The van der Waals surface area contributed by atoms with Crippen LogP contribution in [0, 0.1) is 5.92 Å². The molecular formula is C20H23NO2. The van der Waals surface area contributed by atoms with Crippen LogP contribution in [-0.2, 0) is 17.8 Å². The van der Waals surface area contributed by atoms with Crippen molar-refractivity contribution in [3.8, 4) is 0 Å². The topological polar surface area (TPSA) is 29.5 Å². The lowest BCUT2D eigenvalue weighted by molar-refractivity contribution is 0.0790. The summed E-state index contributed by atoms with van der Waals surface area (Å²) in [6.07, 6.45) is 3.07. The smallest absolute Gasteiger partial charge is 0.410 e. The second-order valence-electron chi connectivity index (χ2n) is 6.18. The fourth-order valence-corrected chi connectivity index (χ4v) is 3.16. The molecule has 0 saturated carbocycles. The molecule has 2 aromatic rings. The number of carbonyl (C=O) groups excluding carboxylic acids is 1. The zero-order valence-electron chi connectivity index (χ0n) is 13.4. The van der Waals surface area contributed by atoms with E-state index in [9.17, 15) is 4.79 Å². The number of rotatable bonds is 4. The van der Waals surface area contributed by atoms with E-state index in [1.807, 2.05) is 41.3 Å². The molecule has 3 rings (SSSR count). The summed E-state index contributed by atoms with van der Waals surface area (Å²) in [5.41, 5.74) is 2.37. The Morgan fingerprint density at radius 1 is 1.00 bits per heavy atom. The second kappa shape index (κ2) is 7.82. The van der Waals surface area contributed by atoms with Crippen molar-refractivity contribution in [3.63, 3.8) is 0 Å². The first kappa shape index (κ1) is 15.6. The number of hydrogen-bond donors (Lipinski definition) is 0. The summed E-state index contributed by atoms with van der Waals surface area (Å²) in [4.78, 5) is 14.1. The molecule has 2 aromatic carbocycles. The normalized spacial score (nSPS) is 17.7. The first-order valence-corrected chi connectivity index (χ1v) is 8.31. The number of ether oxygens (including phenoxy) is 1. The molecule has 1 aliphatic heterocycles. The van der Waals surface area contributed by atoms with Crippen LogP contribution in [0.2, 0.25) is 0 Å². The van der Waals surface area contributed by atoms with Gasteiger partial charge < -0.3 is 9.64 Å². The summed E-state index contributed by atoms with van der Waals surface area (Å²) < 4.78 is 5.45. The number of nitrogens with zero attached hydrogens (tertiary/aromatic N) is 1. The Hall–Kier alpha value is -2.29. The lowest BCUT2D eigenvalue weighted by Crippen LogP contribution is -2.40. The van der Waals surface area contributed by atoms with E-state index in [4.69, 9.17) is 4.74 Å². The molecule has 1 saturated heterocycles. The first-order valence-electron chi connectivity index (χ1n) is 8.31. The van der Waals surface area contributed by atoms with E-state index < -0.39 is 0 Å². The Morgan fingerprint density at radius 3 is 2.35 bits per heavy atom. The van der Waals surface area contributed by atoms with Crippen LogP contribution in [0.3, 0.4) is 0 Å². The van der Waals surface area contributed by atoms with Crippen molar-refractivity contribution >= 4 is 6.09 Å². The van der Waals surface area contributed by atoms with Crippen LogP contribution < -0.4 is 0 Å². The van der Waals surface area contributed by atoms with Gasteiger partial charge in [-0.15, -0.1) is 0 Å². The Balaban J connectivity index is 1.50. The molecule has 3 nitrogen and oxygen atoms in total. The fourth-order valence-electron chi connectivity index (χ4n) is 3.16. The van der Waals surface area contributed by atoms with E-state index in [1.54, 1.807) is 0 Å². The maximum Gasteiger partial charge on any atom is 0.410 e. The minimum atomic E-state index is -0.188. The zero-order chi connectivity index (χ0) is 15.9. The van der Waals surface area contributed by atoms with E-state index in [-0.39, 0.29) is 6.09 Å². The van der Waals surface area contributed by atoms with E-state index in [0.29, 0.717) is 12.5 Å². The van der Waals surface area contributed by atoms with Gasteiger partial charge in [0.2, 0.25) is 0 Å². The largest absolute Gasteiger partial charge is 0.445 e. The van der Waals surface area contributed by atoms with E-state index >= 15 is 0 Å². The Morgan fingerprint density at radius 2 is 1.65 bits per heavy atom. The molecule has 3 heteroatoms. The minimum Gasteiger partial charge on any atom is -0.445 e. The highest BCUT2D eigenvalue weighted by Gasteiger charge is 2.24. The van der Waals surface area contributed by atoms with E-state index in [1.165, 1.54) is 12.0 Å². The molecule has 1 fully saturated rings. The molecule has 120 valence electrons. The molecule has 0 spiro atoms. The standard InChI is InChI=1S/C20H23NO2/c22-20(23-16-18-10-5-2-6-11-18)21-13-7-12-19(15-21)14-17-8-3-1-4-9-17/h1-6,8-11,19H,7,12-16H2. The average molecular weight is 309 g/mol. The average Bonchev–Trinajstić information content (AvgIpc) is 2.62. The number of piperidine rings is 1. The highest BCUT2D eigenvalue weighted by molar-refractivity contribution is 5.67. The summed E-state index contributed by atoms with van der Waals surface area (Å²) in [5, 5.41) is 0. The van der Waals surface area contributed by atoms with Gasteiger partial charge in [0.25, 0.3) is 0 Å². The Labute approximate surface area is 137 Å². The van der Waals surface area contributed by atoms with Crippen molar-refractivity contribution in [1.29, 1.82) is 0 Å². The van der Waals surface area contributed by atoms with Crippen LogP contribution in [0.5, 0.6) is 0 Å². The maximum absolute atomic E-state index is 12.3. The van der Waals surface area contributed by atoms with Crippen LogP contribution in [0.4, 0.5) is 4.79 Å². The summed E-state index contributed by atoms with van der Waals surface area (Å²) in [6, 6.07) is 20.3. The predicted octanol–water partition coefficient (Wildman–Crippen LogP) is 4.28. The molecule has 0 aliphatic carbocycles. The van der Waals surface area contributed by atoms with Gasteiger partial charge in [-0.2, -0.15) is 0 Å². The lowest BCUT2D eigenvalue weighted by atomic mass is 9.91.